The Labute approximate surface area is 129 Å². The molecule has 0 saturated carbocycles. The monoisotopic (exact) mass is 294 g/mol. The summed E-state index contributed by atoms with van der Waals surface area (Å²) < 4.78 is 10.8. The molecule has 120 valence electrons. The molecule has 0 amide bonds. The van der Waals surface area contributed by atoms with E-state index in [-0.39, 0.29) is 0 Å². The lowest BCUT2D eigenvalue weighted by Gasteiger charge is -2.06. The number of aliphatic hydroxyl groups excluding tert-OH is 1. The van der Waals surface area contributed by atoms with Crippen LogP contribution in [0, 0.1) is 0 Å². The third-order valence-electron chi connectivity index (χ3n) is 3.62. The highest BCUT2D eigenvalue weighted by Crippen LogP contribution is 2.12. The van der Waals surface area contributed by atoms with Crippen LogP contribution in [0.5, 0.6) is 5.75 Å². The minimum Gasteiger partial charge on any atom is -0.497 e. The Hall–Kier alpha value is -1.06. The third-order valence-corrected chi connectivity index (χ3v) is 3.62. The summed E-state index contributed by atoms with van der Waals surface area (Å²) in [5, 5.41) is 8.68. The fraction of sp³-hybridized carbons (Fsp3) is 0.667. The van der Waals surface area contributed by atoms with Gasteiger partial charge in [-0.3, -0.25) is 0 Å². The predicted octanol–water partition coefficient (Wildman–Crippen LogP) is 4.32. The molecule has 0 aliphatic heterocycles. The maximum atomic E-state index is 8.68. The molecule has 3 heteroatoms. The Morgan fingerprint density at radius 2 is 1.38 bits per heavy atom. The third kappa shape index (κ3) is 9.48. The summed E-state index contributed by atoms with van der Waals surface area (Å²) in [7, 11) is 1.68. The van der Waals surface area contributed by atoms with E-state index in [1.165, 1.54) is 44.1 Å². The molecule has 0 aliphatic rings. The van der Waals surface area contributed by atoms with Gasteiger partial charge >= 0.3 is 0 Å². The van der Waals surface area contributed by atoms with Crippen molar-refractivity contribution in [1.29, 1.82) is 0 Å². The lowest BCUT2D eigenvalue weighted by molar-refractivity contribution is 0.116. The van der Waals surface area contributed by atoms with Crippen molar-refractivity contribution < 1.29 is 14.6 Å². The van der Waals surface area contributed by atoms with Crippen LogP contribution in [0.25, 0.3) is 0 Å². The van der Waals surface area contributed by atoms with Gasteiger partial charge in [0.15, 0.2) is 0 Å². The lowest BCUT2D eigenvalue weighted by Crippen LogP contribution is -1.96. The molecule has 0 atom stereocenters. The molecular formula is C18H30O3. The van der Waals surface area contributed by atoms with Crippen molar-refractivity contribution in [2.24, 2.45) is 0 Å². The smallest absolute Gasteiger partial charge is 0.118 e. The van der Waals surface area contributed by atoms with E-state index >= 15 is 0 Å². The highest BCUT2D eigenvalue weighted by atomic mass is 16.5. The van der Waals surface area contributed by atoms with E-state index in [4.69, 9.17) is 14.6 Å². The van der Waals surface area contributed by atoms with Gasteiger partial charge in [0, 0.05) is 13.2 Å². The summed E-state index contributed by atoms with van der Waals surface area (Å²) in [4.78, 5) is 0. The van der Waals surface area contributed by atoms with Gasteiger partial charge in [-0.05, 0) is 30.5 Å². The fourth-order valence-electron chi connectivity index (χ4n) is 2.29. The minimum atomic E-state index is 0.339. The molecule has 1 N–H and O–H groups in total. The molecule has 0 aromatic heterocycles. The lowest BCUT2D eigenvalue weighted by atomic mass is 10.1. The second kappa shape index (κ2) is 12.7. The van der Waals surface area contributed by atoms with E-state index in [2.05, 4.69) is 0 Å². The molecule has 0 bridgehead atoms. The Morgan fingerprint density at radius 3 is 1.95 bits per heavy atom. The zero-order valence-corrected chi connectivity index (χ0v) is 13.4. The van der Waals surface area contributed by atoms with Gasteiger partial charge in [-0.1, -0.05) is 50.7 Å². The molecular weight excluding hydrogens is 264 g/mol. The van der Waals surface area contributed by atoms with Crippen molar-refractivity contribution in [3.63, 3.8) is 0 Å². The van der Waals surface area contributed by atoms with Crippen LogP contribution in [0.3, 0.4) is 0 Å². The number of methoxy groups -OCH3 is 1. The zero-order chi connectivity index (χ0) is 15.2. The van der Waals surface area contributed by atoms with Gasteiger partial charge in [0.05, 0.1) is 13.7 Å². The molecule has 1 aromatic carbocycles. The van der Waals surface area contributed by atoms with Crippen LogP contribution < -0.4 is 4.74 Å². The van der Waals surface area contributed by atoms with Gasteiger partial charge in [0.25, 0.3) is 0 Å². The number of hydrogen-bond donors (Lipinski definition) is 1. The zero-order valence-electron chi connectivity index (χ0n) is 13.4. The first kappa shape index (κ1) is 18.0. The van der Waals surface area contributed by atoms with Gasteiger partial charge in [-0.2, -0.15) is 0 Å². The number of ether oxygens (including phenoxy) is 2. The average molecular weight is 294 g/mol. The number of rotatable bonds is 13. The molecule has 3 nitrogen and oxygen atoms in total. The fourth-order valence-corrected chi connectivity index (χ4v) is 2.29. The Morgan fingerprint density at radius 1 is 0.810 bits per heavy atom. The quantitative estimate of drug-likeness (QED) is 0.550. The molecule has 0 aliphatic carbocycles. The van der Waals surface area contributed by atoms with Crippen molar-refractivity contribution in [2.75, 3.05) is 20.3 Å². The van der Waals surface area contributed by atoms with Crippen molar-refractivity contribution in [1.82, 2.24) is 0 Å². The number of benzene rings is 1. The molecule has 21 heavy (non-hydrogen) atoms. The summed E-state index contributed by atoms with van der Waals surface area (Å²) in [5.74, 6) is 0.887. The Bertz CT molecular complexity index is 335. The topological polar surface area (TPSA) is 38.7 Å². The SMILES string of the molecule is COc1ccc(COCCCCCCCCCCO)cc1. The van der Waals surface area contributed by atoms with Gasteiger partial charge in [0.2, 0.25) is 0 Å². The van der Waals surface area contributed by atoms with Crippen LogP contribution in [-0.4, -0.2) is 25.4 Å². The molecule has 0 heterocycles. The largest absolute Gasteiger partial charge is 0.497 e. The summed E-state index contributed by atoms with van der Waals surface area (Å²) in [6.45, 7) is 1.87. The van der Waals surface area contributed by atoms with Crippen LogP contribution in [0.4, 0.5) is 0 Å². The van der Waals surface area contributed by atoms with Crippen molar-refractivity contribution in [3.8, 4) is 5.75 Å². The highest BCUT2D eigenvalue weighted by molar-refractivity contribution is 5.26. The normalized spacial score (nSPS) is 10.8. The summed E-state index contributed by atoms with van der Waals surface area (Å²) in [6.07, 6.45) is 9.69. The van der Waals surface area contributed by atoms with Crippen molar-refractivity contribution in [2.45, 2.75) is 58.0 Å². The summed E-state index contributed by atoms with van der Waals surface area (Å²) in [5.41, 5.74) is 1.19. The second-order valence-electron chi connectivity index (χ2n) is 5.45. The maximum absolute atomic E-state index is 8.68. The Kier molecular flexibility index (Phi) is 10.8. The van der Waals surface area contributed by atoms with Crippen molar-refractivity contribution >= 4 is 0 Å². The van der Waals surface area contributed by atoms with E-state index in [9.17, 15) is 0 Å². The molecule has 0 unspecified atom stereocenters. The first-order chi connectivity index (χ1) is 10.4. The molecule has 0 saturated heterocycles. The van der Waals surface area contributed by atoms with Gasteiger partial charge in [-0.25, -0.2) is 0 Å². The molecule has 0 spiro atoms. The van der Waals surface area contributed by atoms with E-state index in [0.717, 1.165) is 25.2 Å². The summed E-state index contributed by atoms with van der Waals surface area (Å²) in [6, 6.07) is 8.03. The van der Waals surface area contributed by atoms with E-state index in [0.29, 0.717) is 13.2 Å². The molecule has 0 radical (unpaired) electrons. The molecule has 0 fully saturated rings. The van der Waals surface area contributed by atoms with Crippen LogP contribution in [0.15, 0.2) is 24.3 Å². The maximum Gasteiger partial charge on any atom is 0.118 e. The molecule has 1 rings (SSSR count). The molecule has 1 aromatic rings. The van der Waals surface area contributed by atoms with Crippen LogP contribution in [0.2, 0.25) is 0 Å². The predicted molar refractivity (Wildman–Crippen MR) is 86.7 cm³/mol. The number of unbranched alkanes of at least 4 members (excludes halogenated alkanes) is 7. The first-order valence-corrected chi connectivity index (χ1v) is 8.18. The first-order valence-electron chi connectivity index (χ1n) is 8.18. The number of aliphatic hydroxyl groups is 1. The van der Waals surface area contributed by atoms with Crippen molar-refractivity contribution in [3.05, 3.63) is 29.8 Å². The van der Waals surface area contributed by atoms with E-state index in [1.54, 1.807) is 7.11 Å². The van der Waals surface area contributed by atoms with Crippen LogP contribution >= 0.6 is 0 Å². The van der Waals surface area contributed by atoms with E-state index < -0.39 is 0 Å². The van der Waals surface area contributed by atoms with E-state index in [1.807, 2.05) is 24.3 Å². The highest BCUT2D eigenvalue weighted by Gasteiger charge is 1.96. The Balaban J connectivity index is 1.88. The standard InChI is InChI=1S/C18H30O3/c1-20-18-12-10-17(11-13-18)16-21-15-9-7-5-3-2-4-6-8-14-19/h10-13,19H,2-9,14-16H2,1H3. The minimum absolute atomic E-state index is 0.339. The number of hydrogen-bond acceptors (Lipinski definition) is 3. The summed E-state index contributed by atoms with van der Waals surface area (Å²) >= 11 is 0. The van der Waals surface area contributed by atoms with Gasteiger partial charge in [0.1, 0.15) is 5.75 Å². The van der Waals surface area contributed by atoms with Crippen LogP contribution in [0.1, 0.15) is 56.9 Å². The average Bonchev–Trinajstić information content (AvgIpc) is 2.53. The van der Waals surface area contributed by atoms with Gasteiger partial charge < -0.3 is 14.6 Å². The van der Waals surface area contributed by atoms with Crippen LogP contribution in [-0.2, 0) is 11.3 Å². The van der Waals surface area contributed by atoms with Gasteiger partial charge in [-0.15, -0.1) is 0 Å². The second-order valence-corrected chi connectivity index (χ2v) is 5.45.